The van der Waals surface area contributed by atoms with E-state index in [4.69, 9.17) is 9.47 Å². The number of aromatic nitrogens is 2. The van der Waals surface area contributed by atoms with Crippen molar-refractivity contribution < 1.29 is 18.3 Å². The van der Waals surface area contributed by atoms with Gasteiger partial charge in [-0.3, -0.25) is 4.79 Å². The summed E-state index contributed by atoms with van der Waals surface area (Å²) in [6, 6.07) is 3.15. The number of hydrogen-bond donors (Lipinski definition) is 1. The van der Waals surface area contributed by atoms with Crippen LogP contribution in [0.15, 0.2) is 23.3 Å². The molecular formula is C15H16F2N2O3. The number of hydrogen-bond acceptors (Lipinski definition) is 4. The highest BCUT2D eigenvalue weighted by Crippen LogP contribution is 2.40. The second kappa shape index (κ2) is 5.55. The van der Waals surface area contributed by atoms with E-state index in [0.29, 0.717) is 18.4 Å². The van der Waals surface area contributed by atoms with E-state index in [1.54, 1.807) is 12.1 Å². The van der Waals surface area contributed by atoms with E-state index in [2.05, 4.69) is 9.97 Å². The molecule has 22 heavy (non-hydrogen) atoms. The van der Waals surface area contributed by atoms with Crippen LogP contribution in [0.1, 0.15) is 25.7 Å². The molecule has 0 saturated heterocycles. The van der Waals surface area contributed by atoms with Gasteiger partial charge in [0.25, 0.3) is 11.5 Å². The first kappa shape index (κ1) is 14.7. The molecule has 0 radical (unpaired) electrons. The summed E-state index contributed by atoms with van der Waals surface area (Å²) in [5.41, 5.74) is -0.0725. The monoisotopic (exact) mass is 310 g/mol. The number of nitrogens with zero attached hydrogens (tertiary/aromatic N) is 1. The molecule has 1 saturated carbocycles. The summed E-state index contributed by atoms with van der Waals surface area (Å²) in [5.74, 6) is -2.64. The molecule has 1 aliphatic rings. The molecule has 3 rings (SSSR count). The Morgan fingerprint density at radius 1 is 1.36 bits per heavy atom. The van der Waals surface area contributed by atoms with Crippen molar-refractivity contribution in [3.05, 3.63) is 28.8 Å². The molecular weight excluding hydrogens is 294 g/mol. The van der Waals surface area contributed by atoms with Gasteiger partial charge in [-0.05, 0) is 31.4 Å². The molecule has 1 aromatic carbocycles. The summed E-state index contributed by atoms with van der Waals surface area (Å²) in [4.78, 5) is 18.5. The summed E-state index contributed by atoms with van der Waals surface area (Å²) in [5, 5.41) is 0.128. The summed E-state index contributed by atoms with van der Waals surface area (Å²) in [7, 11) is 1.40. The molecule has 0 aliphatic heterocycles. The molecule has 5 nitrogen and oxygen atoms in total. The fourth-order valence-electron chi connectivity index (χ4n) is 2.74. The predicted molar refractivity (Wildman–Crippen MR) is 76.7 cm³/mol. The summed E-state index contributed by atoms with van der Waals surface area (Å²) >= 11 is 0. The van der Waals surface area contributed by atoms with Crippen LogP contribution in [0.25, 0.3) is 10.9 Å². The van der Waals surface area contributed by atoms with E-state index >= 15 is 0 Å². The average Bonchev–Trinajstić information content (AvgIpc) is 2.49. The Bertz CT molecular complexity index is 745. The van der Waals surface area contributed by atoms with Gasteiger partial charge in [0, 0.05) is 6.42 Å². The van der Waals surface area contributed by atoms with Crippen molar-refractivity contribution in [1.82, 2.24) is 9.97 Å². The summed E-state index contributed by atoms with van der Waals surface area (Å²) < 4.78 is 38.8. The van der Waals surface area contributed by atoms with E-state index in [1.807, 2.05) is 0 Å². The highest BCUT2D eigenvalue weighted by Gasteiger charge is 2.44. The van der Waals surface area contributed by atoms with Crippen LogP contribution in [-0.2, 0) is 0 Å². The van der Waals surface area contributed by atoms with Crippen LogP contribution in [0.5, 0.6) is 11.5 Å². The van der Waals surface area contributed by atoms with Gasteiger partial charge in [0.05, 0.1) is 19.0 Å². The van der Waals surface area contributed by atoms with Gasteiger partial charge in [0.15, 0.2) is 17.6 Å². The molecule has 1 unspecified atom stereocenters. The van der Waals surface area contributed by atoms with Crippen LogP contribution < -0.4 is 15.0 Å². The number of aromatic amines is 1. The molecule has 1 atom stereocenters. The number of alkyl halides is 2. The van der Waals surface area contributed by atoms with Crippen LogP contribution in [0.3, 0.4) is 0 Å². The minimum absolute atomic E-state index is 0.0286. The van der Waals surface area contributed by atoms with Crippen molar-refractivity contribution in [2.24, 2.45) is 0 Å². The first-order valence-corrected chi connectivity index (χ1v) is 7.12. The molecule has 1 N–H and O–H groups in total. The van der Waals surface area contributed by atoms with Gasteiger partial charge in [-0.15, -0.1) is 0 Å². The molecule has 0 bridgehead atoms. The molecule has 1 heterocycles. The van der Waals surface area contributed by atoms with Crippen LogP contribution in [0.4, 0.5) is 8.78 Å². The van der Waals surface area contributed by atoms with Crippen molar-refractivity contribution in [3.8, 4) is 11.5 Å². The predicted octanol–water partition coefficient (Wildman–Crippen LogP) is 2.89. The molecule has 1 aromatic heterocycles. The Morgan fingerprint density at radius 3 is 2.91 bits per heavy atom. The smallest absolute Gasteiger partial charge is 0.284 e. The molecule has 7 heteroatoms. The van der Waals surface area contributed by atoms with Crippen LogP contribution in [-0.4, -0.2) is 29.1 Å². The van der Waals surface area contributed by atoms with Crippen molar-refractivity contribution >= 4 is 10.9 Å². The highest BCUT2D eigenvalue weighted by atomic mass is 19.3. The fourth-order valence-corrected chi connectivity index (χ4v) is 2.74. The maximum Gasteiger partial charge on any atom is 0.284 e. The average molecular weight is 310 g/mol. The SMILES string of the molecule is COc1ccc2nc[nH]c(=O)c2c1OC1CCCCC1(F)F. The number of fused-ring (bicyclic) bond motifs is 1. The quantitative estimate of drug-likeness (QED) is 0.947. The Morgan fingerprint density at radius 2 is 2.18 bits per heavy atom. The van der Waals surface area contributed by atoms with Gasteiger partial charge >= 0.3 is 0 Å². The van der Waals surface area contributed by atoms with Gasteiger partial charge < -0.3 is 14.5 Å². The van der Waals surface area contributed by atoms with Gasteiger partial charge in [0.2, 0.25) is 0 Å². The number of halogens is 2. The zero-order valence-corrected chi connectivity index (χ0v) is 12.1. The lowest BCUT2D eigenvalue weighted by molar-refractivity contribution is -0.119. The maximum absolute atomic E-state index is 14.0. The molecule has 1 aliphatic carbocycles. The van der Waals surface area contributed by atoms with Crippen molar-refractivity contribution in [2.45, 2.75) is 37.7 Å². The third kappa shape index (κ3) is 2.51. The van der Waals surface area contributed by atoms with E-state index < -0.39 is 17.6 Å². The molecule has 0 amide bonds. The van der Waals surface area contributed by atoms with Crippen LogP contribution in [0.2, 0.25) is 0 Å². The fraction of sp³-hybridized carbons (Fsp3) is 0.467. The van der Waals surface area contributed by atoms with Crippen LogP contribution >= 0.6 is 0 Å². The number of H-pyrrole nitrogens is 1. The number of benzene rings is 1. The minimum Gasteiger partial charge on any atom is -0.493 e. The largest absolute Gasteiger partial charge is 0.493 e. The number of rotatable bonds is 3. The number of nitrogens with one attached hydrogen (secondary N) is 1. The second-order valence-corrected chi connectivity index (χ2v) is 5.34. The molecule has 1 fully saturated rings. The lowest BCUT2D eigenvalue weighted by atomic mass is 9.93. The Hall–Kier alpha value is -2.18. The summed E-state index contributed by atoms with van der Waals surface area (Å²) in [6.45, 7) is 0. The molecule has 0 spiro atoms. The van der Waals surface area contributed by atoms with Gasteiger partial charge in [-0.25, -0.2) is 13.8 Å². The summed E-state index contributed by atoms with van der Waals surface area (Å²) in [6.07, 6.45) is 1.17. The first-order valence-electron chi connectivity index (χ1n) is 7.12. The standard InChI is InChI=1S/C15H16F2N2O3/c1-21-10-6-5-9-12(14(20)19-8-18-9)13(10)22-11-4-2-3-7-15(11,16)17/h5-6,8,11H,2-4,7H2,1H3,(H,18,19,20). The Balaban J connectivity index is 2.10. The normalized spacial score (nSPS) is 20.8. The number of ether oxygens (including phenoxy) is 2. The lowest BCUT2D eigenvalue weighted by Crippen LogP contribution is -2.41. The van der Waals surface area contributed by atoms with Crippen LogP contribution in [0, 0.1) is 0 Å². The van der Waals surface area contributed by atoms with E-state index in [-0.39, 0.29) is 29.7 Å². The van der Waals surface area contributed by atoms with Crippen molar-refractivity contribution in [3.63, 3.8) is 0 Å². The van der Waals surface area contributed by atoms with Gasteiger partial charge in [-0.2, -0.15) is 0 Å². The van der Waals surface area contributed by atoms with Crippen molar-refractivity contribution in [1.29, 1.82) is 0 Å². The van der Waals surface area contributed by atoms with E-state index in [0.717, 1.165) is 0 Å². The first-order chi connectivity index (χ1) is 10.5. The topological polar surface area (TPSA) is 64.2 Å². The highest BCUT2D eigenvalue weighted by molar-refractivity contribution is 5.86. The number of methoxy groups -OCH3 is 1. The maximum atomic E-state index is 14.0. The third-order valence-electron chi connectivity index (χ3n) is 3.90. The Kier molecular flexibility index (Phi) is 3.72. The lowest BCUT2D eigenvalue weighted by Gasteiger charge is -2.32. The second-order valence-electron chi connectivity index (χ2n) is 5.34. The zero-order valence-electron chi connectivity index (χ0n) is 12.1. The molecule has 118 valence electrons. The van der Waals surface area contributed by atoms with E-state index in [9.17, 15) is 13.6 Å². The van der Waals surface area contributed by atoms with E-state index in [1.165, 1.54) is 13.4 Å². The van der Waals surface area contributed by atoms with Gasteiger partial charge in [-0.1, -0.05) is 0 Å². The Labute approximate surface area is 125 Å². The van der Waals surface area contributed by atoms with Crippen molar-refractivity contribution in [2.75, 3.05) is 7.11 Å². The zero-order chi connectivity index (χ0) is 15.7. The van der Waals surface area contributed by atoms with Gasteiger partial charge in [0.1, 0.15) is 5.39 Å². The minimum atomic E-state index is -2.92. The molecule has 2 aromatic rings. The third-order valence-corrected chi connectivity index (χ3v) is 3.90.